The van der Waals surface area contributed by atoms with E-state index in [9.17, 15) is 4.39 Å². The van der Waals surface area contributed by atoms with Crippen molar-refractivity contribution in [3.8, 4) is 5.75 Å². The van der Waals surface area contributed by atoms with Gasteiger partial charge in [0.05, 0.1) is 6.61 Å². The van der Waals surface area contributed by atoms with Gasteiger partial charge in [0, 0.05) is 21.8 Å². The minimum Gasteiger partial charge on any atom is -0.467 e. The van der Waals surface area contributed by atoms with Crippen molar-refractivity contribution >= 4 is 22.5 Å². The number of thioether (sulfide) groups is 1. The van der Waals surface area contributed by atoms with Crippen molar-refractivity contribution in [2.45, 2.75) is 17.3 Å². The summed E-state index contributed by atoms with van der Waals surface area (Å²) in [6.07, 6.45) is 0. The highest BCUT2D eigenvalue weighted by atomic mass is 32.2. The number of hydrogen-bond acceptors (Lipinski definition) is 3. The van der Waals surface area contributed by atoms with Gasteiger partial charge in [0.2, 0.25) is 0 Å². The fourth-order valence-corrected chi connectivity index (χ4v) is 3.69. The normalized spacial score (nSPS) is 13.6. The third-order valence-corrected chi connectivity index (χ3v) is 4.91. The second kappa shape index (κ2) is 6.22. The Bertz CT molecular complexity index is 863. The Kier molecular flexibility index (Phi) is 3.93. The molecule has 0 aromatic heterocycles. The third-order valence-electron chi connectivity index (χ3n) is 3.87. The van der Waals surface area contributed by atoms with Crippen molar-refractivity contribution < 1.29 is 13.9 Å². The summed E-state index contributed by atoms with van der Waals surface area (Å²) in [7, 11) is 0. The lowest BCUT2D eigenvalue weighted by Crippen LogP contribution is -2.13. The molecule has 1 aliphatic rings. The SMILES string of the molecule is Fc1cc2c(c(CSc3ccc4ccccc4c3)c1)OCOC2. The van der Waals surface area contributed by atoms with Crippen molar-refractivity contribution in [1.29, 1.82) is 0 Å². The molecule has 0 saturated heterocycles. The van der Waals surface area contributed by atoms with E-state index in [-0.39, 0.29) is 12.6 Å². The molecule has 0 amide bonds. The number of fused-ring (bicyclic) bond motifs is 2. The van der Waals surface area contributed by atoms with E-state index in [0.717, 1.165) is 21.8 Å². The molecule has 0 fully saturated rings. The Morgan fingerprint density at radius 1 is 1.00 bits per heavy atom. The first-order valence-electron chi connectivity index (χ1n) is 7.43. The molecule has 1 aliphatic heterocycles. The van der Waals surface area contributed by atoms with Crippen LogP contribution in [0, 0.1) is 5.82 Å². The van der Waals surface area contributed by atoms with E-state index < -0.39 is 0 Å². The molecular weight excluding hydrogens is 311 g/mol. The molecule has 0 bridgehead atoms. The molecular formula is C19H15FO2S. The molecule has 4 heteroatoms. The first-order chi connectivity index (χ1) is 11.3. The Labute approximate surface area is 138 Å². The zero-order valence-corrected chi connectivity index (χ0v) is 13.2. The van der Waals surface area contributed by atoms with Gasteiger partial charge in [0.25, 0.3) is 0 Å². The standard InChI is InChI=1S/C19H15FO2S/c20-17-7-15-10-21-12-22-19(15)16(8-17)11-23-18-6-5-13-3-1-2-4-14(13)9-18/h1-9H,10-12H2. The number of hydrogen-bond donors (Lipinski definition) is 0. The quantitative estimate of drug-likeness (QED) is 0.621. The van der Waals surface area contributed by atoms with Crippen LogP contribution >= 0.6 is 11.8 Å². The average Bonchev–Trinajstić information content (AvgIpc) is 2.59. The fourth-order valence-electron chi connectivity index (χ4n) is 2.78. The van der Waals surface area contributed by atoms with Crippen LogP contribution in [0.4, 0.5) is 4.39 Å². The molecule has 0 aliphatic carbocycles. The van der Waals surface area contributed by atoms with Crippen LogP contribution in [-0.2, 0) is 17.1 Å². The van der Waals surface area contributed by atoms with Gasteiger partial charge in [0.1, 0.15) is 11.6 Å². The highest BCUT2D eigenvalue weighted by Gasteiger charge is 2.17. The van der Waals surface area contributed by atoms with Gasteiger partial charge in [-0.2, -0.15) is 0 Å². The van der Waals surface area contributed by atoms with E-state index >= 15 is 0 Å². The first-order valence-corrected chi connectivity index (χ1v) is 8.41. The molecule has 0 atom stereocenters. The summed E-state index contributed by atoms with van der Waals surface area (Å²) >= 11 is 1.68. The predicted octanol–water partition coefficient (Wildman–Crippen LogP) is 5.14. The largest absolute Gasteiger partial charge is 0.467 e. The molecule has 0 saturated carbocycles. The topological polar surface area (TPSA) is 18.5 Å². The van der Waals surface area contributed by atoms with Crippen LogP contribution in [0.2, 0.25) is 0 Å². The summed E-state index contributed by atoms with van der Waals surface area (Å²) in [4.78, 5) is 1.16. The van der Waals surface area contributed by atoms with Crippen molar-refractivity contribution in [2.75, 3.05) is 6.79 Å². The Morgan fingerprint density at radius 3 is 2.78 bits per heavy atom. The van der Waals surface area contributed by atoms with Crippen LogP contribution in [-0.4, -0.2) is 6.79 Å². The molecule has 0 N–H and O–H groups in total. The Hall–Kier alpha value is -2.04. The summed E-state index contributed by atoms with van der Waals surface area (Å²) in [6.45, 7) is 0.632. The zero-order chi connectivity index (χ0) is 15.6. The first kappa shape index (κ1) is 14.5. The molecule has 4 rings (SSSR count). The lowest BCUT2D eigenvalue weighted by Gasteiger charge is -2.20. The predicted molar refractivity (Wildman–Crippen MR) is 90.2 cm³/mol. The van der Waals surface area contributed by atoms with Crippen molar-refractivity contribution in [2.24, 2.45) is 0 Å². The van der Waals surface area contributed by atoms with Gasteiger partial charge in [-0.3, -0.25) is 0 Å². The van der Waals surface area contributed by atoms with Gasteiger partial charge in [-0.05, 0) is 35.0 Å². The van der Waals surface area contributed by atoms with Crippen LogP contribution < -0.4 is 4.74 Å². The molecule has 3 aromatic carbocycles. The van der Waals surface area contributed by atoms with Crippen LogP contribution in [0.25, 0.3) is 10.8 Å². The summed E-state index contributed by atoms with van der Waals surface area (Å²) in [5.74, 6) is 1.19. The third kappa shape index (κ3) is 3.05. The molecule has 3 aromatic rings. The number of ether oxygens (including phenoxy) is 2. The number of halogens is 1. The molecule has 1 heterocycles. The van der Waals surface area contributed by atoms with Crippen molar-refractivity contribution in [3.63, 3.8) is 0 Å². The maximum absolute atomic E-state index is 13.8. The van der Waals surface area contributed by atoms with Crippen LogP contribution in [0.1, 0.15) is 11.1 Å². The van der Waals surface area contributed by atoms with E-state index in [1.165, 1.54) is 16.8 Å². The second-order valence-corrected chi connectivity index (χ2v) is 6.51. The molecule has 0 unspecified atom stereocenters. The molecule has 0 radical (unpaired) electrons. The number of benzene rings is 3. The molecule has 0 spiro atoms. The number of rotatable bonds is 3. The lowest BCUT2D eigenvalue weighted by molar-refractivity contribution is -0.0171. The monoisotopic (exact) mass is 326 g/mol. The van der Waals surface area contributed by atoms with Crippen LogP contribution in [0.3, 0.4) is 0 Å². The average molecular weight is 326 g/mol. The van der Waals surface area contributed by atoms with E-state index in [1.54, 1.807) is 17.8 Å². The second-order valence-electron chi connectivity index (χ2n) is 5.46. The lowest BCUT2D eigenvalue weighted by atomic mass is 10.1. The zero-order valence-electron chi connectivity index (χ0n) is 12.4. The highest BCUT2D eigenvalue weighted by Crippen LogP contribution is 2.34. The Morgan fingerprint density at radius 2 is 1.87 bits per heavy atom. The van der Waals surface area contributed by atoms with Gasteiger partial charge in [-0.1, -0.05) is 30.3 Å². The van der Waals surface area contributed by atoms with Crippen LogP contribution in [0.15, 0.2) is 59.5 Å². The highest BCUT2D eigenvalue weighted by molar-refractivity contribution is 7.98. The van der Waals surface area contributed by atoms with Gasteiger partial charge >= 0.3 is 0 Å². The Balaban J connectivity index is 1.59. The van der Waals surface area contributed by atoms with Crippen molar-refractivity contribution in [1.82, 2.24) is 0 Å². The summed E-state index contributed by atoms with van der Waals surface area (Å²) < 4.78 is 24.6. The molecule has 2 nitrogen and oxygen atoms in total. The summed E-state index contributed by atoms with van der Waals surface area (Å²) in [5.41, 5.74) is 1.66. The minimum absolute atomic E-state index is 0.228. The van der Waals surface area contributed by atoms with E-state index in [2.05, 4.69) is 30.3 Å². The molecule has 116 valence electrons. The van der Waals surface area contributed by atoms with Gasteiger partial charge in [-0.25, -0.2) is 4.39 Å². The minimum atomic E-state index is -0.244. The van der Waals surface area contributed by atoms with E-state index in [0.29, 0.717) is 12.4 Å². The van der Waals surface area contributed by atoms with Gasteiger partial charge in [0.15, 0.2) is 6.79 Å². The van der Waals surface area contributed by atoms with Gasteiger partial charge in [-0.15, -0.1) is 11.8 Å². The maximum Gasteiger partial charge on any atom is 0.189 e. The fraction of sp³-hybridized carbons (Fsp3) is 0.158. The maximum atomic E-state index is 13.8. The van der Waals surface area contributed by atoms with Crippen LogP contribution in [0.5, 0.6) is 5.75 Å². The smallest absolute Gasteiger partial charge is 0.189 e. The van der Waals surface area contributed by atoms with Gasteiger partial charge < -0.3 is 9.47 Å². The van der Waals surface area contributed by atoms with E-state index in [1.807, 2.05) is 12.1 Å². The van der Waals surface area contributed by atoms with Crippen molar-refractivity contribution in [3.05, 3.63) is 71.5 Å². The van der Waals surface area contributed by atoms with E-state index in [4.69, 9.17) is 9.47 Å². The summed E-state index contributed by atoms with van der Waals surface area (Å²) in [6, 6.07) is 17.7. The summed E-state index contributed by atoms with van der Waals surface area (Å²) in [5, 5.41) is 2.43. The molecule has 23 heavy (non-hydrogen) atoms.